The number of amides is 1. The maximum absolute atomic E-state index is 11.9. The van der Waals surface area contributed by atoms with Gasteiger partial charge < -0.3 is 10.2 Å². The van der Waals surface area contributed by atoms with E-state index in [4.69, 9.17) is 0 Å². The van der Waals surface area contributed by atoms with Gasteiger partial charge in [-0.15, -0.1) is 5.10 Å². The molecule has 0 bridgehead atoms. The van der Waals surface area contributed by atoms with Gasteiger partial charge in [0.1, 0.15) is 0 Å². The zero-order valence-corrected chi connectivity index (χ0v) is 14.2. The number of benzene rings is 1. The predicted molar refractivity (Wildman–Crippen MR) is 92.3 cm³/mol. The van der Waals surface area contributed by atoms with Crippen molar-refractivity contribution in [3.63, 3.8) is 0 Å². The van der Waals surface area contributed by atoms with Gasteiger partial charge in [-0.2, -0.15) is 0 Å². The summed E-state index contributed by atoms with van der Waals surface area (Å²) in [5.74, 6) is 0.696. The van der Waals surface area contributed by atoms with Crippen LogP contribution in [0, 0.1) is 5.92 Å². The molecule has 1 aliphatic rings. The molecule has 1 amide bonds. The molecule has 1 unspecified atom stereocenters. The third-order valence-electron chi connectivity index (χ3n) is 4.40. The maximum Gasteiger partial charge on any atom is 0.222 e. The van der Waals surface area contributed by atoms with Crippen molar-refractivity contribution in [3.8, 4) is 0 Å². The molecule has 128 valence electrons. The predicted octanol–water partition coefficient (Wildman–Crippen LogP) is 1.67. The smallest absolute Gasteiger partial charge is 0.222 e. The fraction of sp³-hybridized carbons (Fsp3) is 0.500. The van der Waals surface area contributed by atoms with Gasteiger partial charge in [0.2, 0.25) is 5.91 Å². The molecule has 0 radical (unpaired) electrons. The lowest BCUT2D eigenvalue weighted by atomic mass is 10.1. The lowest BCUT2D eigenvalue weighted by molar-refractivity contribution is -0.127. The van der Waals surface area contributed by atoms with Crippen LogP contribution in [0.25, 0.3) is 0 Å². The van der Waals surface area contributed by atoms with Crippen molar-refractivity contribution < 1.29 is 4.79 Å². The Morgan fingerprint density at radius 2 is 2.12 bits per heavy atom. The molecule has 3 rings (SSSR count). The molecule has 2 heterocycles. The fourth-order valence-electron chi connectivity index (χ4n) is 3.19. The Morgan fingerprint density at radius 3 is 2.92 bits per heavy atom. The summed E-state index contributed by atoms with van der Waals surface area (Å²) >= 11 is 0. The van der Waals surface area contributed by atoms with Gasteiger partial charge in [0.15, 0.2) is 0 Å². The highest BCUT2D eigenvalue weighted by atomic mass is 16.2. The minimum atomic E-state index is 0.291. The number of hydrogen-bond donors (Lipinski definition) is 1. The van der Waals surface area contributed by atoms with Gasteiger partial charge in [0, 0.05) is 32.6 Å². The van der Waals surface area contributed by atoms with Crippen LogP contribution in [0.1, 0.15) is 31.0 Å². The molecule has 1 N–H and O–H groups in total. The Kier molecular flexibility index (Phi) is 5.59. The Labute approximate surface area is 142 Å². The van der Waals surface area contributed by atoms with Crippen molar-refractivity contribution in [3.05, 3.63) is 47.8 Å². The van der Waals surface area contributed by atoms with Gasteiger partial charge >= 0.3 is 0 Å². The van der Waals surface area contributed by atoms with E-state index in [0.717, 1.165) is 44.8 Å². The first-order valence-corrected chi connectivity index (χ1v) is 8.66. The third kappa shape index (κ3) is 4.20. The topological polar surface area (TPSA) is 63.0 Å². The number of carbonyl (C=O) groups excluding carboxylic acids is 1. The molecule has 1 saturated heterocycles. The summed E-state index contributed by atoms with van der Waals surface area (Å²) < 4.78 is 1.92. The molecule has 6 heteroatoms. The summed E-state index contributed by atoms with van der Waals surface area (Å²) in [6.45, 7) is 6.16. The molecule has 0 saturated carbocycles. The maximum atomic E-state index is 11.9. The van der Waals surface area contributed by atoms with E-state index in [1.165, 1.54) is 5.56 Å². The van der Waals surface area contributed by atoms with Crippen LogP contribution in [0.5, 0.6) is 0 Å². The van der Waals surface area contributed by atoms with Gasteiger partial charge in [-0.1, -0.05) is 42.5 Å². The van der Waals surface area contributed by atoms with Crippen LogP contribution in [0.15, 0.2) is 36.5 Å². The molecular weight excluding hydrogens is 302 g/mol. The Hall–Kier alpha value is -2.21. The second-order valence-electron chi connectivity index (χ2n) is 6.41. The summed E-state index contributed by atoms with van der Waals surface area (Å²) in [6, 6.07) is 10.3. The first-order chi connectivity index (χ1) is 11.8. The van der Waals surface area contributed by atoms with Crippen LogP contribution >= 0.6 is 0 Å². The largest absolute Gasteiger partial charge is 0.342 e. The normalized spacial score (nSPS) is 17.6. The third-order valence-corrected chi connectivity index (χ3v) is 4.40. The van der Waals surface area contributed by atoms with Crippen molar-refractivity contribution in [2.24, 2.45) is 5.92 Å². The lowest BCUT2D eigenvalue weighted by Gasteiger charge is -2.15. The minimum Gasteiger partial charge on any atom is -0.342 e. The van der Waals surface area contributed by atoms with E-state index < -0.39 is 0 Å². The fourth-order valence-corrected chi connectivity index (χ4v) is 3.19. The van der Waals surface area contributed by atoms with Crippen molar-refractivity contribution in [1.82, 2.24) is 25.2 Å². The highest BCUT2D eigenvalue weighted by molar-refractivity contribution is 5.78. The highest BCUT2D eigenvalue weighted by Gasteiger charge is 2.28. The molecule has 1 fully saturated rings. The number of likely N-dealkylation sites (tertiary alicyclic amines) is 1. The van der Waals surface area contributed by atoms with Crippen LogP contribution in [-0.4, -0.2) is 45.4 Å². The van der Waals surface area contributed by atoms with E-state index in [1.807, 2.05) is 27.8 Å². The lowest BCUT2D eigenvalue weighted by Crippen LogP contribution is -2.28. The van der Waals surface area contributed by atoms with E-state index in [9.17, 15) is 4.79 Å². The standard InChI is InChI=1S/C18H25N5O/c1-2-8-22-13-16(9-18(22)24)10-19-11-17-12-20-21-23(17)14-15-6-4-3-5-7-15/h3-7,12,16,19H,2,8-11,13-14H2,1H3. The average molecular weight is 327 g/mol. The van der Waals surface area contributed by atoms with E-state index in [2.05, 4.69) is 34.7 Å². The van der Waals surface area contributed by atoms with Crippen molar-refractivity contribution in [1.29, 1.82) is 0 Å². The molecule has 1 atom stereocenters. The average Bonchev–Trinajstić information content (AvgIpc) is 3.16. The second-order valence-corrected chi connectivity index (χ2v) is 6.41. The molecule has 2 aromatic rings. The van der Waals surface area contributed by atoms with Crippen LogP contribution < -0.4 is 5.32 Å². The van der Waals surface area contributed by atoms with Gasteiger partial charge in [-0.05, 0) is 17.9 Å². The van der Waals surface area contributed by atoms with Crippen LogP contribution in [0.3, 0.4) is 0 Å². The zero-order valence-electron chi connectivity index (χ0n) is 14.2. The Bertz CT molecular complexity index is 654. The first-order valence-electron chi connectivity index (χ1n) is 8.66. The summed E-state index contributed by atoms with van der Waals surface area (Å²) in [5.41, 5.74) is 2.27. The van der Waals surface area contributed by atoms with E-state index in [1.54, 1.807) is 6.20 Å². The molecular formula is C18H25N5O. The highest BCUT2D eigenvalue weighted by Crippen LogP contribution is 2.17. The zero-order chi connectivity index (χ0) is 16.8. The number of hydrogen-bond acceptors (Lipinski definition) is 4. The molecule has 6 nitrogen and oxygen atoms in total. The van der Waals surface area contributed by atoms with Gasteiger partial charge in [-0.3, -0.25) is 4.79 Å². The Morgan fingerprint density at radius 1 is 1.29 bits per heavy atom. The van der Waals surface area contributed by atoms with Gasteiger partial charge in [-0.25, -0.2) is 4.68 Å². The number of aromatic nitrogens is 3. The molecule has 0 aliphatic carbocycles. The van der Waals surface area contributed by atoms with Gasteiger partial charge in [0.05, 0.1) is 18.4 Å². The molecule has 1 aliphatic heterocycles. The van der Waals surface area contributed by atoms with Crippen molar-refractivity contribution in [2.75, 3.05) is 19.6 Å². The van der Waals surface area contributed by atoms with Crippen molar-refractivity contribution in [2.45, 2.75) is 32.9 Å². The summed E-state index contributed by atoms with van der Waals surface area (Å²) in [7, 11) is 0. The molecule has 1 aromatic carbocycles. The summed E-state index contributed by atoms with van der Waals surface area (Å²) in [6.07, 6.45) is 3.49. The van der Waals surface area contributed by atoms with Crippen molar-refractivity contribution >= 4 is 5.91 Å². The summed E-state index contributed by atoms with van der Waals surface area (Å²) in [4.78, 5) is 13.9. The minimum absolute atomic E-state index is 0.291. The SMILES string of the molecule is CCCN1CC(CNCc2cnnn2Cc2ccccc2)CC1=O. The number of nitrogens with one attached hydrogen (secondary N) is 1. The van der Waals surface area contributed by atoms with E-state index in [-0.39, 0.29) is 0 Å². The molecule has 1 aromatic heterocycles. The Balaban J connectivity index is 1.48. The van der Waals surface area contributed by atoms with Crippen LogP contribution in [-0.2, 0) is 17.9 Å². The van der Waals surface area contributed by atoms with Crippen LogP contribution in [0.2, 0.25) is 0 Å². The summed E-state index contributed by atoms with van der Waals surface area (Å²) in [5, 5.41) is 11.7. The van der Waals surface area contributed by atoms with Crippen LogP contribution in [0.4, 0.5) is 0 Å². The molecule has 0 spiro atoms. The number of rotatable bonds is 8. The quantitative estimate of drug-likeness (QED) is 0.801. The first kappa shape index (κ1) is 16.6. The number of nitrogens with zero attached hydrogens (tertiary/aromatic N) is 4. The van der Waals surface area contributed by atoms with E-state index >= 15 is 0 Å². The second kappa shape index (κ2) is 8.06. The van der Waals surface area contributed by atoms with Gasteiger partial charge in [0.25, 0.3) is 0 Å². The monoisotopic (exact) mass is 327 g/mol. The van der Waals surface area contributed by atoms with E-state index in [0.29, 0.717) is 18.2 Å². The molecule has 24 heavy (non-hydrogen) atoms. The number of carbonyl (C=O) groups is 1.